The van der Waals surface area contributed by atoms with Crippen molar-refractivity contribution in [2.24, 2.45) is 0 Å². The number of furan rings is 1. The van der Waals surface area contributed by atoms with Crippen LogP contribution in [0.1, 0.15) is 28.1 Å². The molecule has 0 radical (unpaired) electrons. The Hall–Kier alpha value is -2.58. The van der Waals surface area contributed by atoms with Crippen LogP contribution in [-0.2, 0) is 0 Å². The Labute approximate surface area is 116 Å². The Balaban J connectivity index is 2.08. The van der Waals surface area contributed by atoms with Crippen LogP contribution in [-0.4, -0.2) is 22.6 Å². The van der Waals surface area contributed by atoms with Crippen molar-refractivity contribution in [3.63, 3.8) is 0 Å². The molecule has 2 N–H and O–H groups in total. The van der Waals surface area contributed by atoms with Gasteiger partial charge < -0.3 is 14.8 Å². The van der Waals surface area contributed by atoms with Gasteiger partial charge in [0.15, 0.2) is 0 Å². The van der Waals surface area contributed by atoms with Crippen molar-refractivity contribution in [1.29, 1.82) is 0 Å². The highest BCUT2D eigenvalue weighted by Gasteiger charge is 2.09. The zero-order valence-corrected chi connectivity index (χ0v) is 11.0. The number of aliphatic hydroxyl groups excluding tert-OH is 1. The van der Waals surface area contributed by atoms with Gasteiger partial charge in [-0.15, -0.1) is 0 Å². The largest absolute Gasteiger partial charge is 0.469 e. The summed E-state index contributed by atoms with van der Waals surface area (Å²) in [5.74, 6) is 6.51. The smallest absolute Gasteiger partial charge is 0.260 e. The van der Waals surface area contributed by atoms with Gasteiger partial charge in [-0.2, -0.15) is 0 Å². The molecule has 0 spiro atoms. The van der Waals surface area contributed by atoms with Crippen LogP contribution in [0.5, 0.6) is 0 Å². The number of nitrogens with one attached hydrogen (secondary N) is 1. The minimum atomic E-state index is -0.283. The van der Waals surface area contributed by atoms with E-state index in [-0.39, 0.29) is 12.5 Å². The highest BCUT2D eigenvalue weighted by molar-refractivity contribution is 6.03. The number of aromatic nitrogens is 1. The first-order valence-electron chi connectivity index (χ1n) is 6.11. The number of aryl methyl sites for hydroxylation is 1. The average molecular weight is 270 g/mol. The summed E-state index contributed by atoms with van der Waals surface area (Å²) in [4.78, 5) is 16.0. The molecule has 5 nitrogen and oxygen atoms in total. The van der Waals surface area contributed by atoms with Gasteiger partial charge in [0, 0.05) is 18.2 Å². The Kier molecular flexibility index (Phi) is 4.53. The number of rotatable bonds is 3. The van der Waals surface area contributed by atoms with E-state index in [4.69, 9.17) is 9.52 Å². The highest BCUT2D eigenvalue weighted by Crippen LogP contribution is 2.11. The predicted octanol–water partition coefficient (Wildman–Crippen LogP) is 1.97. The van der Waals surface area contributed by atoms with Gasteiger partial charge >= 0.3 is 0 Å². The van der Waals surface area contributed by atoms with Gasteiger partial charge in [-0.05, 0) is 25.1 Å². The Morgan fingerprint density at radius 3 is 3.05 bits per heavy atom. The van der Waals surface area contributed by atoms with E-state index in [0.29, 0.717) is 23.6 Å². The summed E-state index contributed by atoms with van der Waals surface area (Å²) >= 11 is 0. The molecule has 1 amide bonds. The molecule has 0 atom stereocenters. The zero-order valence-electron chi connectivity index (χ0n) is 11.0. The van der Waals surface area contributed by atoms with E-state index in [1.807, 2.05) is 0 Å². The predicted molar refractivity (Wildman–Crippen MR) is 74.2 cm³/mol. The lowest BCUT2D eigenvalue weighted by Gasteiger charge is -2.02. The van der Waals surface area contributed by atoms with E-state index in [2.05, 4.69) is 22.1 Å². The summed E-state index contributed by atoms with van der Waals surface area (Å²) in [6.07, 6.45) is 3.38. The van der Waals surface area contributed by atoms with Crippen LogP contribution in [0.25, 0.3) is 0 Å². The standard InChI is InChI=1S/C15H14N2O3/c1-11-8-13(10-20-11)15(19)17-14-9-12(5-6-16-14)4-2-3-7-18/h5-6,8-10,18H,3,7H2,1H3,(H,16,17,19). The van der Waals surface area contributed by atoms with Crippen molar-refractivity contribution in [3.8, 4) is 11.8 Å². The Bertz CT molecular complexity index is 665. The number of hydrogen-bond acceptors (Lipinski definition) is 4. The van der Waals surface area contributed by atoms with Crippen LogP contribution in [0.4, 0.5) is 5.82 Å². The second-order valence-electron chi connectivity index (χ2n) is 4.11. The topological polar surface area (TPSA) is 75.4 Å². The molecule has 0 aliphatic heterocycles. The lowest BCUT2D eigenvalue weighted by atomic mass is 10.2. The molecule has 0 saturated carbocycles. The summed E-state index contributed by atoms with van der Waals surface area (Å²) in [6.45, 7) is 1.80. The minimum Gasteiger partial charge on any atom is -0.469 e. The van der Waals surface area contributed by atoms with E-state index < -0.39 is 0 Å². The average Bonchev–Trinajstić information content (AvgIpc) is 2.86. The number of nitrogens with zero attached hydrogens (tertiary/aromatic N) is 1. The van der Waals surface area contributed by atoms with Crippen LogP contribution in [0.15, 0.2) is 35.1 Å². The minimum absolute atomic E-state index is 0.0293. The molecule has 20 heavy (non-hydrogen) atoms. The van der Waals surface area contributed by atoms with Crippen LogP contribution >= 0.6 is 0 Å². The third-order valence-electron chi connectivity index (χ3n) is 2.46. The molecule has 5 heteroatoms. The lowest BCUT2D eigenvalue weighted by Crippen LogP contribution is -2.12. The first-order valence-corrected chi connectivity index (χ1v) is 6.11. The van der Waals surface area contributed by atoms with Crippen LogP contribution in [0, 0.1) is 18.8 Å². The second kappa shape index (κ2) is 6.55. The van der Waals surface area contributed by atoms with E-state index >= 15 is 0 Å². The number of aliphatic hydroxyl groups is 1. The van der Waals surface area contributed by atoms with E-state index in [1.165, 1.54) is 6.26 Å². The van der Waals surface area contributed by atoms with E-state index in [1.54, 1.807) is 31.3 Å². The van der Waals surface area contributed by atoms with Crippen molar-refractivity contribution >= 4 is 11.7 Å². The normalized spacial score (nSPS) is 9.70. The van der Waals surface area contributed by atoms with E-state index in [9.17, 15) is 4.79 Å². The number of carbonyl (C=O) groups excluding carboxylic acids is 1. The molecule has 0 aliphatic carbocycles. The SMILES string of the molecule is Cc1cc(C(=O)Nc2cc(C#CCCO)ccn2)co1. The summed E-state index contributed by atoms with van der Waals surface area (Å²) in [5, 5.41) is 11.3. The maximum absolute atomic E-state index is 11.9. The Morgan fingerprint density at radius 2 is 2.35 bits per heavy atom. The van der Waals surface area contributed by atoms with Gasteiger partial charge in [0.25, 0.3) is 5.91 Å². The van der Waals surface area contributed by atoms with Crippen molar-refractivity contribution in [2.45, 2.75) is 13.3 Å². The third-order valence-corrected chi connectivity index (χ3v) is 2.46. The van der Waals surface area contributed by atoms with E-state index in [0.717, 1.165) is 5.56 Å². The van der Waals surface area contributed by atoms with Crippen LogP contribution in [0.2, 0.25) is 0 Å². The fourth-order valence-electron chi connectivity index (χ4n) is 1.55. The van der Waals surface area contributed by atoms with Crippen LogP contribution < -0.4 is 5.32 Å². The fraction of sp³-hybridized carbons (Fsp3) is 0.200. The number of carbonyl (C=O) groups is 1. The van der Waals surface area contributed by atoms with Crippen molar-refractivity contribution in [1.82, 2.24) is 4.98 Å². The quantitative estimate of drug-likeness (QED) is 0.836. The molecule has 0 fully saturated rings. The monoisotopic (exact) mass is 270 g/mol. The van der Waals surface area contributed by atoms with Crippen molar-refractivity contribution in [2.75, 3.05) is 11.9 Å². The fourth-order valence-corrected chi connectivity index (χ4v) is 1.55. The van der Waals surface area contributed by atoms with Gasteiger partial charge in [-0.3, -0.25) is 4.79 Å². The summed E-state index contributed by atoms with van der Waals surface area (Å²) in [6, 6.07) is 5.07. The summed E-state index contributed by atoms with van der Waals surface area (Å²) < 4.78 is 5.09. The summed E-state index contributed by atoms with van der Waals surface area (Å²) in [7, 11) is 0. The molecule has 2 aromatic heterocycles. The first kappa shape index (κ1) is 13.8. The number of amides is 1. The van der Waals surface area contributed by atoms with Crippen molar-refractivity contribution in [3.05, 3.63) is 47.5 Å². The molecule has 102 valence electrons. The lowest BCUT2D eigenvalue weighted by molar-refractivity contribution is 0.102. The molecule has 0 aliphatic rings. The van der Waals surface area contributed by atoms with Gasteiger partial charge in [-0.1, -0.05) is 11.8 Å². The molecule has 0 saturated heterocycles. The van der Waals surface area contributed by atoms with Gasteiger partial charge in [0.1, 0.15) is 17.8 Å². The number of pyridine rings is 1. The molecule has 0 aromatic carbocycles. The zero-order chi connectivity index (χ0) is 14.4. The second-order valence-corrected chi connectivity index (χ2v) is 4.11. The molecular weight excluding hydrogens is 256 g/mol. The Morgan fingerprint density at radius 1 is 1.50 bits per heavy atom. The van der Waals surface area contributed by atoms with Crippen LogP contribution in [0.3, 0.4) is 0 Å². The maximum atomic E-state index is 11.9. The number of anilines is 1. The molecule has 0 unspecified atom stereocenters. The number of hydrogen-bond donors (Lipinski definition) is 2. The molecule has 2 aromatic rings. The molecule has 2 rings (SSSR count). The third kappa shape index (κ3) is 3.70. The highest BCUT2D eigenvalue weighted by atomic mass is 16.3. The van der Waals surface area contributed by atoms with Gasteiger partial charge in [0.2, 0.25) is 0 Å². The van der Waals surface area contributed by atoms with Gasteiger partial charge in [0.05, 0.1) is 12.2 Å². The van der Waals surface area contributed by atoms with Crippen molar-refractivity contribution < 1.29 is 14.3 Å². The summed E-state index contributed by atoms with van der Waals surface area (Å²) in [5.41, 5.74) is 1.17. The molecule has 2 heterocycles. The maximum Gasteiger partial charge on any atom is 0.260 e. The first-order chi connectivity index (χ1) is 9.69. The molecule has 0 bridgehead atoms. The molecular formula is C15H14N2O3. The van der Waals surface area contributed by atoms with Gasteiger partial charge in [-0.25, -0.2) is 4.98 Å².